The van der Waals surface area contributed by atoms with Crippen molar-refractivity contribution in [1.29, 1.82) is 0 Å². The molecule has 2 saturated heterocycles. The average Bonchev–Trinajstić information content (AvgIpc) is 3.48. The molecular formula is C32H42N6O3S. The number of hydrogen-bond acceptors (Lipinski definition) is 8. The number of amides is 2. The van der Waals surface area contributed by atoms with Crippen molar-refractivity contribution in [3.63, 3.8) is 0 Å². The number of hydrogen-bond donors (Lipinski definition) is 2. The van der Waals surface area contributed by atoms with Gasteiger partial charge >= 0.3 is 0 Å². The van der Waals surface area contributed by atoms with Crippen molar-refractivity contribution in [1.82, 2.24) is 20.4 Å². The van der Waals surface area contributed by atoms with Gasteiger partial charge in [0.15, 0.2) is 0 Å². The molecule has 2 amide bonds. The van der Waals surface area contributed by atoms with Crippen molar-refractivity contribution in [2.24, 2.45) is 11.8 Å². The van der Waals surface area contributed by atoms with Crippen molar-refractivity contribution in [3.8, 4) is 0 Å². The standard InChI is InChI=1S/C32H42N6O3S/c1-37-16-11-26(12-17-37)22-33-30(40)28-9-7-27(8-10-28)23-41-20-15-24-13-18-38(19-14-24)32-36-35-31(42-32)34-29(39)21-25-5-3-2-4-6-25/h2-10,24,26H,11-23H2,1H3,(H,33,40)(H,34,35,39). The van der Waals surface area contributed by atoms with Crippen molar-refractivity contribution in [3.05, 3.63) is 71.3 Å². The Labute approximate surface area is 252 Å². The van der Waals surface area contributed by atoms with Crippen LogP contribution in [0.5, 0.6) is 0 Å². The quantitative estimate of drug-likeness (QED) is 0.297. The first kappa shape index (κ1) is 30.1. The molecule has 1 aromatic heterocycles. The molecule has 3 heterocycles. The van der Waals surface area contributed by atoms with Gasteiger partial charge in [0.2, 0.25) is 16.2 Å². The lowest BCUT2D eigenvalue weighted by Gasteiger charge is -2.31. The lowest BCUT2D eigenvalue weighted by atomic mass is 9.94. The zero-order valence-electron chi connectivity index (χ0n) is 24.5. The zero-order valence-corrected chi connectivity index (χ0v) is 25.3. The fraction of sp³-hybridized carbons (Fsp3) is 0.500. The molecular weight excluding hydrogens is 548 g/mol. The Kier molecular flexibility index (Phi) is 10.9. The molecule has 0 saturated carbocycles. The van der Waals surface area contributed by atoms with Gasteiger partial charge in [-0.05, 0) is 87.3 Å². The van der Waals surface area contributed by atoms with Crippen LogP contribution < -0.4 is 15.5 Å². The monoisotopic (exact) mass is 590 g/mol. The number of ether oxygens (including phenoxy) is 1. The molecule has 2 aromatic carbocycles. The van der Waals surface area contributed by atoms with Crippen LogP contribution in [0.3, 0.4) is 0 Å². The van der Waals surface area contributed by atoms with E-state index in [0.29, 0.717) is 35.6 Å². The second kappa shape index (κ2) is 15.2. The number of carbonyl (C=O) groups is 2. The maximum absolute atomic E-state index is 12.5. The summed E-state index contributed by atoms with van der Waals surface area (Å²) < 4.78 is 5.97. The Morgan fingerprint density at radius 1 is 0.905 bits per heavy atom. The summed E-state index contributed by atoms with van der Waals surface area (Å²) >= 11 is 1.43. The summed E-state index contributed by atoms with van der Waals surface area (Å²) in [5.74, 6) is 1.12. The third-order valence-electron chi connectivity index (χ3n) is 8.30. The number of rotatable bonds is 12. The van der Waals surface area contributed by atoms with Gasteiger partial charge in [-0.3, -0.25) is 9.59 Å². The van der Waals surface area contributed by atoms with E-state index in [0.717, 1.165) is 87.7 Å². The van der Waals surface area contributed by atoms with Crippen molar-refractivity contribution in [2.45, 2.75) is 45.1 Å². The molecule has 0 spiro atoms. The molecule has 3 aromatic rings. The van der Waals surface area contributed by atoms with Crippen LogP contribution in [0.25, 0.3) is 0 Å². The van der Waals surface area contributed by atoms with Gasteiger partial charge in [0.1, 0.15) is 0 Å². The van der Waals surface area contributed by atoms with Gasteiger partial charge in [-0.25, -0.2) is 0 Å². The zero-order chi connectivity index (χ0) is 29.1. The van der Waals surface area contributed by atoms with E-state index in [1.165, 1.54) is 11.3 Å². The van der Waals surface area contributed by atoms with Gasteiger partial charge in [0, 0.05) is 31.8 Å². The summed E-state index contributed by atoms with van der Waals surface area (Å²) in [6.45, 7) is 6.11. The molecule has 10 heteroatoms. The molecule has 42 heavy (non-hydrogen) atoms. The Bertz CT molecular complexity index is 1270. The first-order valence-electron chi connectivity index (χ1n) is 15.1. The van der Waals surface area contributed by atoms with E-state index < -0.39 is 0 Å². The lowest BCUT2D eigenvalue weighted by Crippen LogP contribution is -2.36. The minimum absolute atomic E-state index is 0.00491. The molecule has 0 atom stereocenters. The van der Waals surface area contributed by atoms with E-state index in [9.17, 15) is 9.59 Å². The predicted molar refractivity (Wildman–Crippen MR) is 167 cm³/mol. The highest BCUT2D eigenvalue weighted by Crippen LogP contribution is 2.29. The number of carbonyl (C=O) groups excluding carboxylic acids is 2. The first-order chi connectivity index (χ1) is 20.5. The van der Waals surface area contributed by atoms with Crippen molar-refractivity contribution >= 4 is 33.4 Å². The maximum Gasteiger partial charge on any atom is 0.251 e. The summed E-state index contributed by atoms with van der Waals surface area (Å²) in [5, 5.41) is 15.9. The first-order valence-corrected chi connectivity index (χ1v) is 15.9. The SMILES string of the molecule is CN1CCC(CNC(=O)c2ccc(COCCC3CCN(c4nnc(NC(=O)Cc5ccccc5)s4)CC3)cc2)CC1. The van der Waals surface area contributed by atoms with Crippen LogP contribution in [0.15, 0.2) is 54.6 Å². The number of nitrogens with one attached hydrogen (secondary N) is 2. The second-order valence-electron chi connectivity index (χ2n) is 11.5. The van der Waals surface area contributed by atoms with Crippen LogP contribution in [0.2, 0.25) is 0 Å². The second-order valence-corrected chi connectivity index (χ2v) is 12.5. The highest BCUT2D eigenvalue weighted by atomic mass is 32.1. The van der Waals surface area contributed by atoms with Crippen molar-refractivity contribution in [2.75, 3.05) is 56.6 Å². The van der Waals surface area contributed by atoms with Gasteiger partial charge in [0.05, 0.1) is 13.0 Å². The largest absolute Gasteiger partial charge is 0.377 e. The van der Waals surface area contributed by atoms with E-state index >= 15 is 0 Å². The minimum atomic E-state index is -0.0811. The number of piperidine rings is 2. The van der Waals surface area contributed by atoms with Gasteiger partial charge in [-0.2, -0.15) is 0 Å². The minimum Gasteiger partial charge on any atom is -0.377 e. The molecule has 0 aliphatic carbocycles. The topological polar surface area (TPSA) is 99.7 Å². The number of nitrogens with zero attached hydrogens (tertiary/aromatic N) is 4. The van der Waals surface area contributed by atoms with E-state index in [1.807, 2.05) is 54.6 Å². The Morgan fingerprint density at radius 3 is 2.36 bits per heavy atom. The van der Waals surface area contributed by atoms with E-state index in [2.05, 4.69) is 37.7 Å². The average molecular weight is 591 g/mol. The summed E-state index contributed by atoms with van der Waals surface area (Å²) in [4.78, 5) is 29.5. The highest BCUT2D eigenvalue weighted by molar-refractivity contribution is 7.19. The van der Waals surface area contributed by atoms with Crippen LogP contribution in [0, 0.1) is 11.8 Å². The molecule has 2 N–H and O–H groups in total. The third kappa shape index (κ3) is 9.08. The predicted octanol–water partition coefficient (Wildman–Crippen LogP) is 4.61. The summed E-state index contributed by atoms with van der Waals surface area (Å²) in [6, 6.07) is 17.5. The Balaban J connectivity index is 0.950. The molecule has 2 fully saturated rings. The number of benzene rings is 2. The van der Waals surface area contributed by atoms with Crippen LogP contribution >= 0.6 is 11.3 Å². The number of likely N-dealkylation sites (tertiary alicyclic amines) is 1. The Morgan fingerprint density at radius 2 is 1.62 bits per heavy atom. The molecule has 0 radical (unpaired) electrons. The molecule has 5 rings (SSSR count). The molecule has 0 unspecified atom stereocenters. The number of anilines is 2. The van der Waals surface area contributed by atoms with Gasteiger partial charge in [-0.1, -0.05) is 53.8 Å². The van der Waals surface area contributed by atoms with Gasteiger partial charge in [0.25, 0.3) is 5.91 Å². The molecule has 2 aliphatic heterocycles. The molecule has 224 valence electrons. The van der Waals surface area contributed by atoms with E-state index in [4.69, 9.17) is 4.74 Å². The van der Waals surface area contributed by atoms with Crippen LogP contribution in [0.1, 0.15) is 53.6 Å². The summed E-state index contributed by atoms with van der Waals surface area (Å²) in [5.41, 5.74) is 2.76. The van der Waals surface area contributed by atoms with E-state index in [1.54, 1.807) is 0 Å². The van der Waals surface area contributed by atoms with Gasteiger partial charge in [-0.15, -0.1) is 10.2 Å². The Hall–Kier alpha value is -3.34. The summed E-state index contributed by atoms with van der Waals surface area (Å²) in [6.07, 6.45) is 5.81. The lowest BCUT2D eigenvalue weighted by molar-refractivity contribution is -0.115. The fourth-order valence-electron chi connectivity index (χ4n) is 5.55. The van der Waals surface area contributed by atoms with Crippen LogP contribution in [0.4, 0.5) is 10.3 Å². The molecule has 2 aliphatic rings. The van der Waals surface area contributed by atoms with E-state index in [-0.39, 0.29) is 11.8 Å². The highest BCUT2D eigenvalue weighted by Gasteiger charge is 2.22. The molecule has 9 nitrogen and oxygen atoms in total. The molecule has 0 bridgehead atoms. The summed E-state index contributed by atoms with van der Waals surface area (Å²) in [7, 11) is 2.15. The van der Waals surface area contributed by atoms with Crippen molar-refractivity contribution < 1.29 is 14.3 Å². The van der Waals surface area contributed by atoms with Crippen LogP contribution in [-0.4, -0.2) is 73.3 Å². The number of aromatic nitrogens is 2. The smallest absolute Gasteiger partial charge is 0.251 e. The fourth-order valence-corrected chi connectivity index (χ4v) is 6.36. The van der Waals surface area contributed by atoms with Gasteiger partial charge < -0.3 is 25.2 Å². The third-order valence-corrected chi connectivity index (χ3v) is 9.20. The maximum atomic E-state index is 12.5. The van der Waals surface area contributed by atoms with Crippen LogP contribution in [-0.2, 0) is 22.6 Å². The normalized spacial score (nSPS) is 16.8.